The van der Waals surface area contributed by atoms with Crippen LogP contribution < -0.4 is 5.32 Å². The molecule has 1 rings (SSSR count). The molecule has 0 spiro atoms. The van der Waals surface area contributed by atoms with Crippen LogP contribution in [0.3, 0.4) is 0 Å². The molecule has 0 amide bonds. The predicted octanol–water partition coefficient (Wildman–Crippen LogP) is 1.08. The Kier molecular flexibility index (Phi) is 4.56. The topological polar surface area (TPSA) is 35.5 Å². The second kappa shape index (κ2) is 5.28. The summed E-state index contributed by atoms with van der Waals surface area (Å²) in [6.45, 7) is 9.08. The zero-order chi connectivity index (χ0) is 11.5. The van der Waals surface area contributed by atoms with Crippen LogP contribution in [0.25, 0.3) is 0 Å². The van der Waals surface area contributed by atoms with E-state index in [1.165, 1.54) is 12.8 Å². The van der Waals surface area contributed by atoms with Crippen molar-refractivity contribution >= 4 is 0 Å². The molecule has 3 heteroatoms. The van der Waals surface area contributed by atoms with E-state index in [0.29, 0.717) is 6.04 Å². The maximum absolute atomic E-state index is 9.74. The summed E-state index contributed by atoms with van der Waals surface area (Å²) < 4.78 is 0. The first-order valence-corrected chi connectivity index (χ1v) is 6.04. The van der Waals surface area contributed by atoms with E-state index >= 15 is 0 Å². The molecule has 1 heterocycles. The van der Waals surface area contributed by atoms with Gasteiger partial charge in [-0.3, -0.25) is 0 Å². The van der Waals surface area contributed by atoms with Crippen LogP contribution in [-0.4, -0.2) is 48.3 Å². The highest BCUT2D eigenvalue weighted by Crippen LogP contribution is 2.21. The number of nitrogens with zero attached hydrogens (tertiary/aromatic N) is 1. The molecule has 0 aliphatic carbocycles. The lowest BCUT2D eigenvalue weighted by atomic mass is 9.90. The van der Waals surface area contributed by atoms with Gasteiger partial charge in [-0.1, -0.05) is 0 Å². The predicted molar refractivity (Wildman–Crippen MR) is 64.0 cm³/mol. The number of hydrogen-bond donors (Lipinski definition) is 2. The smallest absolute Gasteiger partial charge is 0.0718 e. The van der Waals surface area contributed by atoms with E-state index < -0.39 is 5.60 Å². The molecule has 15 heavy (non-hydrogen) atoms. The average molecular weight is 214 g/mol. The molecule has 1 fully saturated rings. The van der Waals surface area contributed by atoms with Crippen molar-refractivity contribution in [2.75, 3.05) is 26.7 Å². The lowest BCUT2D eigenvalue weighted by Gasteiger charge is -2.37. The molecule has 0 aromatic carbocycles. The number of aliphatic hydroxyl groups is 1. The molecule has 1 saturated heterocycles. The molecule has 3 nitrogen and oxygen atoms in total. The van der Waals surface area contributed by atoms with E-state index in [4.69, 9.17) is 0 Å². The van der Waals surface area contributed by atoms with Crippen molar-refractivity contribution in [3.8, 4) is 0 Å². The number of hydrogen-bond acceptors (Lipinski definition) is 3. The van der Waals surface area contributed by atoms with Gasteiger partial charge in [-0.25, -0.2) is 0 Å². The van der Waals surface area contributed by atoms with Gasteiger partial charge in [-0.2, -0.15) is 0 Å². The van der Waals surface area contributed by atoms with Crippen molar-refractivity contribution in [3.05, 3.63) is 0 Å². The lowest BCUT2D eigenvalue weighted by Crippen LogP contribution is -2.45. The van der Waals surface area contributed by atoms with Gasteiger partial charge in [0.1, 0.15) is 0 Å². The minimum absolute atomic E-state index is 0.554. The van der Waals surface area contributed by atoms with Crippen molar-refractivity contribution < 1.29 is 5.11 Å². The maximum Gasteiger partial charge on any atom is 0.0718 e. The van der Waals surface area contributed by atoms with E-state index in [9.17, 15) is 5.11 Å². The van der Waals surface area contributed by atoms with Crippen LogP contribution in [0.5, 0.6) is 0 Å². The normalized spacial score (nSPS) is 23.0. The Morgan fingerprint density at radius 1 is 1.40 bits per heavy atom. The zero-order valence-electron chi connectivity index (χ0n) is 10.6. The second-order valence-electron chi connectivity index (χ2n) is 5.50. The van der Waals surface area contributed by atoms with Crippen LogP contribution in [-0.2, 0) is 0 Å². The summed E-state index contributed by atoms with van der Waals surface area (Å²) in [7, 11) is 2.04. The van der Waals surface area contributed by atoms with Gasteiger partial charge in [0.2, 0.25) is 0 Å². The Hall–Kier alpha value is -0.120. The van der Waals surface area contributed by atoms with Gasteiger partial charge >= 0.3 is 0 Å². The summed E-state index contributed by atoms with van der Waals surface area (Å²) in [5.41, 5.74) is -0.554. The summed E-state index contributed by atoms with van der Waals surface area (Å²) in [6.07, 6.45) is 2.50. The van der Waals surface area contributed by atoms with Crippen molar-refractivity contribution in [1.29, 1.82) is 0 Å². The van der Waals surface area contributed by atoms with Gasteiger partial charge < -0.3 is 15.3 Å². The van der Waals surface area contributed by atoms with Crippen molar-refractivity contribution in [2.45, 2.75) is 45.3 Å². The minimum atomic E-state index is -0.554. The second-order valence-corrected chi connectivity index (χ2v) is 5.50. The number of likely N-dealkylation sites (tertiary alicyclic amines) is 1. The van der Waals surface area contributed by atoms with Gasteiger partial charge in [0.25, 0.3) is 0 Å². The fourth-order valence-corrected chi connectivity index (χ4v) is 2.39. The highest BCUT2D eigenvalue weighted by molar-refractivity contribution is 4.81. The Balaban J connectivity index is 2.30. The number of rotatable bonds is 4. The Morgan fingerprint density at radius 2 is 1.93 bits per heavy atom. The highest BCUT2D eigenvalue weighted by Gasteiger charge is 2.25. The fraction of sp³-hybridized carbons (Fsp3) is 1.00. The van der Waals surface area contributed by atoms with Crippen molar-refractivity contribution in [1.82, 2.24) is 10.2 Å². The van der Waals surface area contributed by atoms with Gasteiger partial charge in [-0.15, -0.1) is 0 Å². The molecular weight excluding hydrogens is 188 g/mol. The molecular formula is C12H26N2O. The van der Waals surface area contributed by atoms with E-state index in [-0.39, 0.29) is 0 Å². The fourth-order valence-electron chi connectivity index (χ4n) is 2.39. The van der Waals surface area contributed by atoms with Crippen LogP contribution in [0.4, 0.5) is 0 Å². The van der Waals surface area contributed by atoms with E-state index in [0.717, 1.165) is 25.6 Å². The lowest BCUT2D eigenvalue weighted by molar-refractivity contribution is 0.0225. The molecule has 1 aliphatic heterocycles. The van der Waals surface area contributed by atoms with Gasteiger partial charge in [0, 0.05) is 12.6 Å². The summed E-state index contributed by atoms with van der Waals surface area (Å²) in [5, 5.41) is 13.1. The Labute approximate surface area is 93.9 Å². The van der Waals surface area contributed by atoms with Crippen LogP contribution in [0.2, 0.25) is 0 Å². The molecule has 1 aliphatic rings. The summed E-state index contributed by atoms with van der Waals surface area (Å²) in [6, 6.07) is 0.620. The molecule has 2 N–H and O–H groups in total. The average Bonchev–Trinajstić information content (AvgIpc) is 2.15. The number of nitrogens with one attached hydrogen (secondary N) is 1. The maximum atomic E-state index is 9.74. The van der Waals surface area contributed by atoms with Crippen molar-refractivity contribution in [3.63, 3.8) is 0 Å². The van der Waals surface area contributed by atoms with Crippen LogP contribution in [0.15, 0.2) is 0 Å². The first-order valence-electron chi connectivity index (χ1n) is 6.04. The molecule has 0 radical (unpaired) electrons. The van der Waals surface area contributed by atoms with Crippen LogP contribution >= 0.6 is 0 Å². The minimum Gasteiger partial charge on any atom is -0.389 e. The summed E-state index contributed by atoms with van der Waals surface area (Å²) in [5.74, 6) is 0.799. The third-order valence-electron chi connectivity index (χ3n) is 3.41. The molecule has 1 unspecified atom stereocenters. The number of β-amino-alcohol motifs (C(OH)–C–C–N with tert-alkyl or cyclic N) is 1. The molecule has 0 saturated carbocycles. The van der Waals surface area contributed by atoms with E-state index in [2.05, 4.69) is 17.1 Å². The summed E-state index contributed by atoms with van der Waals surface area (Å²) in [4.78, 5) is 2.37. The summed E-state index contributed by atoms with van der Waals surface area (Å²) >= 11 is 0. The monoisotopic (exact) mass is 214 g/mol. The SMILES string of the molecule is CNC(C)C1CCN(CC(C)(C)O)CC1. The highest BCUT2D eigenvalue weighted by atomic mass is 16.3. The molecule has 90 valence electrons. The first kappa shape index (κ1) is 12.9. The van der Waals surface area contributed by atoms with Gasteiger partial charge in [0.05, 0.1) is 5.60 Å². The third-order valence-corrected chi connectivity index (χ3v) is 3.41. The number of piperidine rings is 1. The first-order chi connectivity index (χ1) is 6.92. The quantitative estimate of drug-likeness (QED) is 0.735. The Bertz CT molecular complexity index is 181. The Morgan fingerprint density at radius 3 is 2.33 bits per heavy atom. The molecule has 0 bridgehead atoms. The van der Waals surface area contributed by atoms with Crippen LogP contribution in [0, 0.1) is 5.92 Å². The van der Waals surface area contributed by atoms with Crippen LogP contribution in [0.1, 0.15) is 33.6 Å². The molecule has 0 aromatic rings. The van der Waals surface area contributed by atoms with E-state index in [1.807, 2.05) is 20.9 Å². The van der Waals surface area contributed by atoms with Gasteiger partial charge in [0.15, 0.2) is 0 Å². The largest absolute Gasteiger partial charge is 0.389 e. The standard InChI is InChI=1S/C12H26N2O/c1-10(13-4)11-5-7-14(8-6-11)9-12(2,3)15/h10-11,13,15H,5-9H2,1-4H3. The van der Waals surface area contributed by atoms with Crippen molar-refractivity contribution in [2.24, 2.45) is 5.92 Å². The van der Waals surface area contributed by atoms with Gasteiger partial charge in [-0.05, 0) is 59.7 Å². The molecule has 0 aromatic heterocycles. The third kappa shape index (κ3) is 4.49. The van der Waals surface area contributed by atoms with E-state index in [1.54, 1.807) is 0 Å². The molecule has 1 atom stereocenters. The zero-order valence-corrected chi connectivity index (χ0v) is 10.6.